The number of rotatable bonds is 1. The summed E-state index contributed by atoms with van der Waals surface area (Å²) >= 11 is 0. The second-order valence-electron chi connectivity index (χ2n) is 4.09. The Morgan fingerprint density at radius 2 is 2.27 bits per heavy atom. The minimum Gasteiger partial charge on any atom is -0.252 e. The fraction of sp³-hybridized carbons (Fsp3) is 0.400. The fourth-order valence-corrected chi connectivity index (χ4v) is 1.81. The molecule has 76 valence electrons. The van der Waals surface area contributed by atoms with Gasteiger partial charge in [-0.2, -0.15) is 0 Å². The molecule has 1 aliphatic heterocycles. The summed E-state index contributed by atoms with van der Waals surface area (Å²) in [6.07, 6.45) is 1.91. The van der Waals surface area contributed by atoms with Gasteiger partial charge in [-0.1, -0.05) is 13.8 Å². The number of hydrogen-bond donors (Lipinski definition) is 0. The second-order valence-corrected chi connectivity index (χ2v) is 4.09. The Morgan fingerprint density at radius 1 is 1.40 bits per heavy atom. The number of nitrogens with zero attached hydrogens (tertiary/aromatic N) is 5. The molecular weight excluding hydrogens is 190 g/mol. The van der Waals surface area contributed by atoms with Gasteiger partial charge in [0.15, 0.2) is 0 Å². The van der Waals surface area contributed by atoms with E-state index in [-0.39, 0.29) is 0 Å². The first-order chi connectivity index (χ1) is 7.25. The summed E-state index contributed by atoms with van der Waals surface area (Å²) in [4.78, 5) is 4.43. The zero-order valence-corrected chi connectivity index (χ0v) is 8.68. The van der Waals surface area contributed by atoms with Crippen LogP contribution in [0.4, 0.5) is 0 Å². The van der Waals surface area contributed by atoms with Crippen LogP contribution in [0.2, 0.25) is 0 Å². The Hall–Kier alpha value is -1.78. The summed E-state index contributed by atoms with van der Waals surface area (Å²) in [6, 6.07) is 2.18. The molecular formula is C10H11N5. The fourth-order valence-electron chi connectivity index (χ4n) is 1.81. The van der Waals surface area contributed by atoms with Crippen molar-refractivity contribution in [2.75, 3.05) is 0 Å². The molecule has 5 nitrogen and oxygen atoms in total. The Labute approximate surface area is 87.1 Å². The molecule has 0 aliphatic carbocycles. The second kappa shape index (κ2) is 2.85. The quantitative estimate of drug-likeness (QED) is 0.594. The van der Waals surface area contributed by atoms with Gasteiger partial charge in [-0.3, -0.25) is 4.98 Å². The van der Waals surface area contributed by atoms with Gasteiger partial charge in [0, 0.05) is 11.8 Å². The summed E-state index contributed by atoms with van der Waals surface area (Å²) in [6.45, 7) is 5.07. The van der Waals surface area contributed by atoms with E-state index in [2.05, 4.69) is 40.4 Å². The Balaban J connectivity index is 2.13. The minimum atomic E-state index is 0.502. The van der Waals surface area contributed by atoms with Gasteiger partial charge in [0.2, 0.25) is 5.82 Å². The molecule has 2 aromatic heterocycles. The smallest absolute Gasteiger partial charge is 0.201 e. The molecule has 0 aromatic carbocycles. The van der Waals surface area contributed by atoms with Crippen LogP contribution in [0, 0.1) is 0 Å². The molecule has 0 atom stereocenters. The molecule has 0 saturated heterocycles. The first-order valence-electron chi connectivity index (χ1n) is 5.01. The first kappa shape index (κ1) is 8.52. The van der Waals surface area contributed by atoms with Crippen molar-refractivity contribution in [1.82, 2.24) is 25.2 Å². The van der Waals surface area contributed by atoms with Crippen LogP contribution >= 0.6 is 0 Å². The number of hydrogen-bond acceptors (Lipinski definition) is 4. The van der Waals surface area contributed by atoms with E-state index in [4.69, 9.17) is 0 Å². The summed E-state index contributed by atoms with van der Waals surface area (Å²) in [5, 5.41) is 11.5. The van der Waals surface area contributed by atoms with E-state index in [1.165, 1.54) is 11.1 Å². The highest BCUT2D eigenvalue weighted by molar-refractivity contribution is 5.59. The van der Waals surface area contributed by atoms with Gasteiger partial charge in [0.25, 0.3) is 0 Å². The molecule has 0 spiro atoms. The van der Waals surface area contributed by atoms with Gasteiger partial charge < -0.3 is 0 Å². The van der Waals surface area contributed by atoms with Gasteiger partial charge in [0.05, 0.1) is 6.54 Å². The van der Waals surface area contributed by atoms with Crippen LogP contribution in [-0.2, 0) is 6.54 Å². The van der Waals surface area contributed by atoms with Crippen LogP contribution in [0.25, 0.3) is 11.5 Å². The molecule has 0 N–H and O–H groups in total. The molecule has 0 saturated carbocycles. The zero-order valence-electron chi connectivity index (χ0n) is 8.68. The lowest BCUT2D eigenvalue weighted by Gasteiger charge is -2.05. The SMILES string of the molecule is CC(C)c1cnc2c(c1)Cn1nnnc1-2. The number of tetrazole rings is 1. The van der Waals surface area contributed by atoms with Gasteiger partial charge in [0.1, 0.15) is 5.69 Å². The molecule has 3 heterocycles. The maximum absolute atomic E-state index is 4.43. The van der Waals surface area contributed by atoms with Gasteiger partial charge in [-0.25, -0.2) is 4.68 Å². The van der Waals surface area contributed by atoms with Crippen LogP contribution in [0.5, 0.6) is 0 Å². The topological polar surface area (TPSA) is 56.5 Å². The molecule has 0 radical (unpaired) electrons. The largest absolute Gasteiger partial charge is 0.252 e. The molecule has 1 aliphatic rings. The third-order valence-corrected chi connectivity index (χ3v) is 2.72. The number of aromatic nitrogens is 5. The third kappa shape index (κ3) is 1.16. The van der Waals surface area contributed by atoms with Crippen molar-refractivity contribution < 1.29 is 0 Å². The van der Waals surface area contributed by atoms with Gasteiger partial charge in [-0.15, -0.1) is 5.10 Å². The lowest BCUT2D eigenvalue weighted by atomic mass is 10.0. The first-order valence-corrected chi connectivity index (χ1v) is 5.01. The van der Waals surface area contributed by atoms with Crippen molar-refractivity contribution in [2.45, 2.75) is 26.3 Å². The number of fused-ring (bicyclic) bond motifs is 3. The summed E-state index contributed by atoms with van der Waals surface area (Å²) in [5.41, 5.74) is 3.37. The van der Waals surface area contributed by atoms with E-state index in [0.717, 1.165) is 18.1 Å². The van der Waals surface area contributed by atoms with E-state index >= 15 is 0 Å². The van der Waals surface area contributed by atoms with Crippen LogP contribution in [-0.4, -0.2) is 25.2 Å². The van der Waals surface area contributed by atoms with Crippen molar-refractivity contribution >= 4 is 0 Å². The molecule has 0 unspecified atom stereocenters. The van der Waals surface area contributed by atoms with Crippen molar-refractivity contribution in [1.29, 1.82) is 0 Å². The van der Waals surface area contributed by atoms with E-state index in [1.807, 2.05) is 6.20 Å². The summed E-state index contributed by atoms with van der Waals surface area (Å²) in [7, 11) is 0. The van der Waals surface area contributed by atoms with Crippen molar-refractivity contribution in [3.8, 4) is 11.5 Å². The van der Waals surface area contributed by atoms with Crippen molar-refractivity contribution in [2.24, 2.45) is 0 Å². The third-order valence-electron chi connectivity index (χ3n) is 2.72. The molecule has 15 heavy (non-hydrogen) atoms. The van der Waals surface area contributed by atoms with Crippen LogP contribution < -0.4 is 0 Å². The molecule has 3 rings (SSSR count). The summed E-state index contributed by atoms with van der Waals surface area (Å²) < 4.78 is 1.78. The van der Waals surface area contributed by atoms with E-state index < -0.39 is 0 Å². The average Bonchev–Trinajstić information content (AvgIpc) is 2.75. The minimum absolute atomic E-state index is 0.502. The Kier molecular flexibility index (Phi) is 1.62. The lowest BCUT2D eigenvalue weighted by molar-refractivity contribution is 0.669. The predicted molar refractivity (Wildman–Crippen MR) is 54.2 cm³/mol. The van der Waals surface area contributed by atoms with E-state index in [1.54, 1.807) is 4.68 Å². The zero-order chi connectivity index (χ0) is 10.4. The van der Waals surface area contributed by atoms with Crippen LogP contribution in [0.15, 0.2) is 12.3 Å². The average molecular weight is 201 g/mol. The highest BCUT2D eigenvalue weighted by Gasteiger charge is 2.23. The molecule has 2 aromatic rings. The van der Waals surface area contributed by atoms with Crippen LogP contribution in [0.3, 0.4) is 0 Å². The maximum Gasteiger partial charge on any atom is 0.201 e. The summed E-state index contributed by atoms with van der Waals surface area (Å²) in [5.74, 6) is 1.28. The predicted octanol–water partition coefficient (Wildman–Crippen LogP) is 1.22. The van der Waals surface area contributed by atoms with Crippen molar-refractivity contribution in [3.05, 3.63) is 23.4 Å². The lowest BCUT2D eigenvalue weighted by Crippen LogP contribution is -1.96. The Bertz CT molecular complexity index is 514. The van der Waals surface area contributed by atoms with E-state index in [9.17, 15) is 0 Å². The van der Waals surface area contributed by atoms with Gasteiger partial charge >= 0.3 is 0 Å². The normalized spacial score (nSPS) is 13.0. The molecule has 5 heteroatoms. The van der Waals surface area contributed by atoms with Crippen molar-refractivity contribution in [3.63, 3.8) is 0 Å². The highest BCUT2D eigenvalue weighted by atomic mass is 15.5. The van der Waals surface area contributed by atoms with Crippen LogP contribution in [0.1, 0.15) is 30.9 Å². The molecule has 0 bridgehead atoms. The maximum atomic E-state index is 4.43. The highest BCUT2D eigenvalue weighted by Crippen LogP contribution is 2.28. The number of pyridine rings is 1. The molecule has 0 fully saturated rings. The Morgan fingerprint density at radius 3 is 3.07 bits per heavy atom. The molecule has 0 amide bonds. The van der Waals surface area contributed by atoms with E-state index in [0.29, 0.717) is 5.92 Å². The van der Waals surface area contributed by atoms with Gasteiger partial charge in [-0.05, 0) is 28.0 Å². The standard InChI is InChI=1S/C10H11N5/c1-6(2)7-3-8-5-15-10(12-13-14-15)9(8)11-4-7/h3-4,6H,5H2,1-2H3. The monoisotopic (exact) mass is 201 g/mol.